The van der Waals surface area contributed by atoms with E-state index in [2.05, 4.69) is 10.0 Å². The first kappa shape index (κ1) is 23.0. The van der Waals surface area contributed by atoms with Gasteiger partial charge in [0.25, 0.3) is 5.91 Å². The van der Waals surface area contributed by atoms with Crippen LogP contribution in [0.1, 0.15) is 69.7 Å². The van der Waals surface area contributed by atoms with Crippen molar-refractivity contribution < 1.29 is 17.6 Å². The van der Waals surface area contributed by atoms with Crippen LogP contribution in [0.5, 0.6) is 0 Å². The van der Waals surface area contributed by atoms with Crippen molar-refractivity contribution >= 4 is 21.6 Å². The largest absolute Gasteiger partial charge is 0.385 e. The van der Waals surface area contributed by atoms with Gasteiger partial charge in [-0.25, -0.2) is 17.5 Å². The Morgan fingerprint density at radius 1 is 1.13 bits per heavy atom. The van der Waals surface area contributed by atoms with E-state index < -0.39 is 20.6 Å². The fourth-order valence-electron chi connectivity index (χ4n) is 4.03. The molecule has 1 saturated carbocycles. The molecule has 1 amide bonds. The first-order chi connectivity index (χ1) is 14.1. The van der Waals surface area contributed by atoms with Crippen LogP contribution in [-0.4, -0.2) is 49.6 Å². The second kappa shape index (κ2) is 9.22. The highest BCUT2D eigenvalue weighted by Gasteiger charge is 2.32. The van der Waals surface area contributed by atoms with Gasteiger partial charge in [-0.3, -0.25) is 4.79 Å². The Hall–Kier alpha value is -1.67. The van der Waals surface area contributed by atoms with Gasteiger partial charge in [0.05, 0.1) is 10.3 Å². The van der Waals surface area contributed by atoms with Gasteiger partial charge in [-0.05, 0) is 83.4 Å². The first-order valence-corrected chi connectivity index (χ1v) is 12.4. The van der Waals surface area contributed by atoms with Crippen molar-refractivity contribution in [1.82, 2.24) is 9.62 Å². The molecule has 3 rings (SSSR count). The molecule has 0 radical (unpaired) electrons. The molecule has 30 heavy (non-hydrogen) atoms. The van der Waals surface area contributed by atoms with Crippen LogP contribution in [0, 0.1) is 11.7 Å². The Labute approximate surface area is 179 Å². The van der Waals surface area contributed by atoms with E-state index in [1.807, 2.05) is 0 Å². The fraction of sp³-hybridized carbons (Fsp3) is 0.682. The number of halogens is 1. The summed E-state index contributed by atoms with van der Waals surface area (Å²) in [6.45, 7) is 7.22. The number of sulfonamides is 1. The number of carbonyl (C=O) groups excluding carboxylic acids is 1. The zero-order chi connectivity index (χ0) is 21.9. The Balaban J connectivity index is 1.48. The summed E-state index contributed by atoms with van der Waals surface area (Å²) in [5.41, 5.74) is 0.801. The van der Waals surface area contributed by atoms with Gasteiger partial charge in [-0.15, -0.1) is 0 Å². The smallest absolute Gasteiger partial charge is 0.256 e. The zero-order valence-electron chi connectivity index (χ0n) is 18.2. The van der Waals surface area contributed by atoms with Gasteiger partial charge < -0.3 is 10.2 Å². The molecule has 1 aromatic rings. The average molecular weight is 440 g/mol. The van der Waals surface area contributed by atoms with E-state index in [0.717, 1.165) is 38.5 Å². The Kier molecular flexibility index (Phi) is 7.07. The molecule has 1 saturated heterocycles. The molecule has 0 atom stereocenters. The molecule has 6 nitrogen and oxygen atoms in total. The minimum Gasteiger partial charge on any atom is -0.385 e. The molecule has 0 bridgehead atoms. The van der Waals surface area contributed by atoms with Crippen LogP contribution in [-0.2, 0) is 10.0 Å². The van der Waals surface area contributed by atoms with E-state index in [9.17, 15) is 17.6 Å². The summed E-state index contributed by atoms with van der Waals surface area (Å²) in [5.74, 6) is -0.306. The Bertz CT molecular complexity index is 853. The van der Waals surface area contributed by atoms with Crippen LogP contribution in [0.25, 0.3) is 0 Å². The number of rotatable bonds is 6. The summed E-state index contributed by atoms with van der Waals surface area (Å²) < 4.78 is 41.1. The lowest BCUT2D eigenvalue weighted by atomic mass is 9.86. The average Bonchev–Trinajstić information content (AvgIpc) is 3.21. The summed E-state index contributed by atoms with van der Waals surface area (Å²) in [7, 11) is -3.33. The third kappa shape index (κ3) is 5.52. The number of likely N-dealkylation sites (tertiary alicyclic amines) is 1. The predicted octanol–water partition coefficient (Wildman–Crippen LogP) is 3.75. The number of hydrogen-bond acceptors (Lipinski definition) is 4. The standard InChI is InChI=1S/C22H34FN3O3S/c1-22(2,3)30(28,29)25-17-8-6-16(7-9-17)15-24-18-10-11-19(20(23)14-18)21(27)26-12-4-5-13-26/h10-11,14,16-17,24-25H,4-9,12-13,15H2,1-3H3/t16-,17-. The molecule has 0 spiro atoms. The molecule has 2 aliphatic rings. The summed E-state index contributed by atoms with van der Waals surface area (Å²) in [6, 6.07) is 4.71. The quantitative estimate of drug-likeness (QED) is 0.708. The molecule has 2 fully saturated rings. The number of carbonyl (C=O) groups is 1. The molecule has 168 valence electrons. The minimum absolute atomic E-state index is 0.0150. The van der Waals surface area contributed by atoms with E-state index >= 15 is 0 Å². The number of hydrogen-bond donors (Lipinski definition) is 2. The second-order valence-corrected chi connectivity index (χ2v) is 12.0. The SMILES string of the molecule is CC(C)(C)S(=O)(=O)N[C@H]1CC[C@H](CNc2ccc(C(=O)N3CCCC3)c(F)c2)CC1. The highest BCUT2D eigenvalue weighted by molar-refractivity contribution is 7.90. The Morgan fingerprint density at radius 2 is 1.77 bits per heavy atom. The molecule has 1 aliphatic heterocycles. The van der Waals surface area contributed by atoms with Crippen LogP contribution in [0.4, 0.5) is 10.1 Å². The van der Waals surface area contributed by atoms with Crippen LogP contribution in [0.2, 0.25) is 0 Å². The van der Waals surface area contributed by atoms with E-state index in [1.54, 1.807) is 37.8 Å². The topological polar surface area (TPSA) is 78.5 Å². The Morgan fingerprint density at radius 3 is 2.33 bits per heavy atom. The maximum Gasteiger partial charge on any atom is 0.256 e. The van der Waals surface area contributed by atoms with Gasteiger partial charge in [0.2, 0.25) is 10.0 Å². The van der Waals surface area contributed by atoms with Gasteiger partial charge in [0.1, 0.15) is 5.82 Å². The minimum atomic E-state index is -3.33. The van der Waals surface area contributed by atoms with Gasteiger partial charge in [-0.1, -0.05) is 0 Å². The molecule has 1 heterocycles. The van der Waals surface area contributed by atoms with Crippen LogP contribution in [0.3, 0.4) is 0 Å². The summed E-state index contributed by atoms with van der Waals surface area (Å²) in [4.78, 5) is 14.1. The van der Waals surface area contributed by atoms with Gasteiger partial charge >= 0.3 is 0 Å². The molecule has 8 heteroatoms. The van der Waals surface area contributed by atoms with E-state index in [1.165, 1.54) is 6.07 Å². The van der Waals surface area contributed by atoms with Crippen molar-refractivity contribution in [2.24, 2.45) is 5.92 Å². The number of anilines is 1. The van der Waals surface area contributed by atoms with Crippen LogP contribution < -0.4 is 10.0 Å². The number of amides is 1. The maximum atomic E-state index is 14.5. The third-order valence-electron chi connectivity index (χ3n) is 6.16. The zero-order valence-corrected chi connectivity index (χ0v) is 19.0. The molecular weight excluding hydrogens is 405 g/mol. The monoisotopic (exact) mass is 439 g/mol. The van der Waals surface area contributed by atoms with Crippen molar-refractivity contribution in [3.63, 3.8) is 0 Å². The normalized spacial score (nSPS) is 22.9. The molecule has 1 aliphatic carbocycles. The second-order valence-electron chi connectivity index (χ2n) is 9.53. The van der Waals surface area contributed by atoms with Crippen molar-refractivity contribution in [2.45, 2.75) is 70.1 Å². The third-order valence-corrected chi connectivity index (χ3v) is 8.42. The predicted molar refractivity (Wildman–Crippen MR) is 118 cm³/mol. The molecule has 0 aromatic heterocycles. The van der Waals surface area contributed by atoms with Gasteiger partial charge in [0, 0.05) is 31.4 Å². The van der Waals surface area contributed by atoms with Crippen LogP contribution >= 0.6 is 0 Å². The van der Waals surface area contributed by atoms with Crippen molar-refractivity contribution in [3.05, 3.63) is 29.6 Å². The maximum absolute atomic E-state index is 14.5. The molecule has 2 N–H and O–H groups in total. The van der Waals surface area contributed by atoms with E-state index in [-0.39, 0.29) is 17.5 Å². The van der Waals surface area contributed by atoms with Crippen molar-refractivity contribution in [1.29, 1.82) is 0 Å². The lowest BCUT2D eigenvalue weighted by molar-refractivity contribution is 0.0788. The lowest BCUT2D eigenvalue weighted by Gasteiger charge is -2.31. The summed E-state index contributed by atoms with van der Waals surface area (Å²) in [6.07, 6.45) is 5.40. The molecule has 1 aromatic carbocycles. The first-order valence-electron chi connectivity index (χ1n) is 10.9. The number of nitrogens with one attached hydrogen (secondary N) is 2. The number of nitrogens with zero attached hydrogens (tertiary/aromatic N) is 1. The van der Waals surface area contributed by atoms with Gasteiger partial charge in [-0.2, -0.15) is 0 Å². The van der Waals surface area contributed by atoms with Gasteiger partial charge in [0.15, 0.2) is 0 Å². The van der Waals surface area contributed by atoms with E-state index in [4.69, 9.17) is 0 Å². The summed E-state index contributed by atoms with van der Waals surface area (Å²) in [5, 5.41) is 3.27. The molecule has 0 unspecified atom stereocenters. The fourth-order valence-corrected chi connectivity index (χ4v) is 5.06. The van der Waals surface area contributed by atoms with Crippen molar-refractivity contribution in [2.75, 3.05) is 25.0 Å². The highest BCUT2D eigenvalue weighted by Crippen LogP contribution is 2.27. The summed E-state index contributed by atoms with van der Waals surface area (Å²) >= 11 is 0. The van der Waals surface area contributed by atoms with Crippen LogP contribution in [0.15, 0.2) is 18.2 Å². The van der Waals surface area contributed by atoms with E-state index in [0.29, 0.717) is 31.2 Å². The highest BCUT2D eigenvalue weighted by atomic mass is 32.2. The van der Waals surface area contributed by atoms with Crippen molar-refractivity contribution in [3.8, 4) is 0 Å². The number of benzene rings is 1. The lowest BCUT2D eigenvalue weighted by Crippen LogP contribution is -2.46. The molecular formula is C22H34FN3O3S.